The Morgan fingerprint density at radius 3 is 2.55 bits per heavy atom. The van der Waals surface area contributed by atoms with Crippen LogP contribution in [0.2, 0.25) is 0 Å². The van der Waals surface area contributed by atoms with Crippen molar-refractivity contribution >= 4 is 29.3 Å². The first-order valence-corrected chi connectivity index (χ1v) is 9.20. The number of thiocarbonyl (C=S) groups is 1. The van der Waals surface area contributed by atoms with Gasteiger partial charge in [0.25, 0.3) is 0 Å². The Kier molecular flexibility index (Phi) is 6.63. The summed E-state index contributed by atoms with van der Waals surface area (Å²) in [6, 6.07) is 9.36. The third-order valence-electron chi connectivity index (χ3n) is 4.16. The molecular weight excluding hydrogens is 396 g/mol. The molecule has 1 aliphatic heterocycles. The molecule has 2 aromatic rings. The van der Waals surface area contributed by atoms with E-state index in [1.807, 2.05) is 0 Å². The molecule has 9 heteroatoms. The van der Waals surface area contributed by atoms with Gasteiger partial charge in [-0.25, -0.2) is 9.59 Å². The fourth-order valence-electron chi connectivity index (χ4n) is 2.79. The zero-order valence-electron chi connectivity index (χ0n) is 15.9. The molecule has 0 saturated carbocycles. The molecular formula is C20H20N2O6S. The number of carbonyl (C=O) groups is 2. The number of nitrogens with one attached hydrogen (secondary N) is 2. The molecule has 152 valence electrons. The minimum atomic E-state index is -0.595. The van der Waals surface area contributed by atoms with Crippen molar-refractivity contribution in [2.45, 2.75) is 13.0 Å². The molecule has 0 saturated heterocycles. The first kappa shape index (κ1) is 20.6. The van der Waals surface area contributed by atoms with Crippen LogP contribution in [0, 0.1) is 0 Å². The number of rotatable bonds is 7. The number of allylic oxidation sites excluding steroid dienone is 1. The number of ether oxygens (including phenoxy) is 3. The molecule has 0 fully saturated rings. The van der Waals surface area contributed by atoms with Gasteiger partial charge in [-0.2, -0.15) is 0 Å². The van der Waals surface area contributed by atoms with Gasteiger partial charge in [0.05, 0.1) is 24.5 Å². The van der Waals surface area contributed by atoms with Gasteiger partial charge in [0.2, 0.25) is 5.76 Å². The maximum Gasteiger partial charge on any atom is 0.379 e. The first-order chi connectivity index (χ1) is 14.0. The van der Waals surface area contributed by atoms with Crippen molar-refractivity contribution in [2.75, 3.05) is 20.3 Å². The van der Waals surface area contributed by atoms with Crippen LogP contribution in [0.15, 0.2) is 58.3 Å². The van der Waals surface area contributed by atoms with E-state index in [9.17, 15) is 9.59 Å². The molecule has 1 atom stereocenters. The Balaban J connectivity index is 1.77. The molecule has 0 amide bonds. The fourth-order valence-corrected chi connectivity index (χ4v) is 3.06. The van der Waals surface area contributed by atoms with E-state index in [2.05, 4.69) is 10.6 Å². The second kappa shape index (κ2) is 9.35. The second-order valence-electron chi connectivity index (χ2n) is 6.13. The number of furan rings is 1. The lowest BCUT2D eigenvalue weighted by molar-refractivity contribution is -0.140. The quantitative estimate of drug-likeness (QED) is 0.305. The van der Waals surface area contributed by atoms with E-state index in [-0.39, 0.29) is 12.4 Å². The molecule has 2 N–H and O–H groups in total. The molecule has 1 aromatic heterocycles. The van der Waals surface area contributed by atoms with Gasteiger partial charge in [0.15, 0.2) is 5.11 Å². The third kappa shape index (κ3) is 5.01. The van der Waals surface area contributed by atoms with Crippen LogP contribution in [0.1, 0.15) is 29.1 Å². The maximum atomic E-state index is 12.6. The van der Waals surface area contributed by atoms with Gasteiger partial charge in [-0.3, -0.25) is 0 Å². The maximum absolute atomic E-state index is 12.6. The van der Waals surface area contributed by atoms with Crippen LogP contribution >= 0.6 is 12.2 Å². The fraction of sp³-hybridized carbons (Fsp3) is 0.250. The van der Waals surface area contributed by atoms with Gasteiger partial charge in [-0.05, 0) is 49.0 Å². The highest BCUT2D eigenvalue weighted by molar-refractivity contribution is 7.80. The molecule has 29 heavy (non-hydrogen) atoms. The molecule has 0 bridgehead atoms. The predicted molar refractivity (Wildman–Crippen MR) is 107 cm³/mol. The predicted octanol–water partition coefficient (Wildman–Crippen LogP) is 2.48. The largest absolute Gasteiger partial charge is 0.460 e. The highest BCUT2D eigenvalue weighted by Crippen LogP contribution is 2.29. The molecule has 1 aromatic carbocycles. The number of methoxy groups -OCH3 is 1. The molecule has 2 heterocycles. The van der Waals surface area contributed by atoms with E-state index in [4.69, 9.17) is 30.8 Å². The van der Waals surface area contributed by atoms with Gasteiger partial charge < -0.3 is 29.3 Å². The van der Waals surface area contributed by atoms with Gasteiger partial charge in [-0.1, -0.05) is 12.1 Å². The van der Waals surface area contributed by atoms with E-state index in [1.165, 1.54) is 19.4 Å². The molecule has 0 spiro atoms. The Labute approximate surface area is 172 Å². The number of benzene rings is 1. The van der Waals surface area contributed by atoms with Crippen LogP contribution in [-0.4, -0.2) is 37.4 Å². The van der Waals surface area contributed by atoms with Crippen molar-refractivity contribution in [2.24, 2.45) is 0 Å². The number of esters is 2. The average Bonchev–Trinajstić information content (AvgIpc) is 3.23. The zero-order chi connectivity index (χ0) is 20.8. The summed E-state index contributed by atoms with van der Waals surface area (Å²) in [6.45, 7) is 2.20. The molecule has 0 radical (unpaired) electrons. The summed E-state index contributed by atoms with van der Waals surface area (Å²) < 4.78 is 20.5. The Hall–Kier alpha value is -3.17. The minimum Gasteiger partial charge on any atom is -0.460 e. The van der Waals surface area contributed by atoms with Gasteiger partial charge >= 0.3 is 11.9 Å². The number of hydrogen-bond donors (Lipinski definition) is 2. The van der Waals surface area contributed by atoms with Crippen molar-refractivity contribution in [3.8, 4) is 5.75 Å². The topological polar surface area (TPSA) is 99.0 Å². The standard InChI is InChI=1S/C20H20N2O6S/c1-12-16(19(24)27-11-10-25-2)17(22-20(29)21-12)13-5-7-14(8-6-13)28-18(23)15-4-3-9-26-15/h3-9,17H,10-11H2,1-2H3,(H2,21,22,29)/t17-/m1/s1. The van der Waals surface area contributed by atoms with Gasteiger partial charge in [0.1, 0.15) is 12.4 Å². The van der Waals surface area contributed by atoms with Crippen LogP contribution < -0.4 is 15.4 Å². The highest BCUT2D eigenvalue weighted by atomic mass is 32.1. The van der Waals surface area contributed by atoms with Crippen LogP contribution in [0.5, 0.6) is 5.75 Å². The molecule has 0 unspecified atom stereocenters. The summed E-state index contributed by atoms with van der Waals surface area (Å²) in [5.41, 5.74) is 1.77. The lowest BCUT2D eigenvalue weighted by Gasteiger charge is -2.30. The molecule has 1 aliphatic rings. The monoisotopic (exact) mass is 416 g/mol. The van der Waals surface area contributed by atoms with Crippen molar-refractivity contribution < 1.29 is 28.2 Å². The summed E-state index contributed by atoms with van der Waals surface area (Å²) in [7, 11) is 1.53. The smallest absolute Gasteiger partial charge is 0.379 e. The normalized spacial score (nSPS) is 16.1. The van der Waals surface area contributed by atoms with E-state index < -0.39 is 18.0 Å². The summed E-state index contributed by atoms with van der Waals surface area (Å²) in [4.78, 5) is 24.6. The lowest BCUT2D eigenvalue weighted by atomic mass is 9.95. The van der Waals surface area contributed by atoms with Crippen molar-refractivity contribution in [3.05, 3.63) is 65.3 Å². The Morgan fingerprint density at radius 1 is 1.14 bits per heavy atom. The van der Waals surface area contributed by atoms with E-state index >= 15 is 0 Å². The number of hydrogen-bond acceptors (Lipinski definition) is 7. The van der Waals surface area contributed by atoms with Crippen molar-refractivity contribution in [1.29, 1.82) is 0 Å². The van der Waals surface area contributed by atoms with Crippen LogP contribution in [0.4, 0.5) is 0 Å². The highest BCUT2D eigenvalue weighted by Gasteiger charge is 2.31. The lowest BCUT2D eigenvalue weighted by Crippen LogP contribution is -2.45. The SMILES string of the molecule is COCCOC(=O)C1=C(C)NC(=S)N[C@@H]1c1ccc(OC(=O)c2ccco2)cc1. The third-order valence-corrected chi connectivity index (χ3v) is 4.38. The van der Waals surface area contributed by atoms with E-state index in [0.717, 1.165) is 5.56 Å². The molecule has 8 nitrogen and oxygen atoms in total. The number of carbonyl (C=O) groups excluding carboxylic acids is 2. The van der Waals surface area contributed by atoms with E-state index in [0.29, 0.717) is 28.7 Å². The summed E-state index contributed by atoms with van der Waals surface area (Å²) >= 11 is 5.23. The van der Waals surface area contributed by atoms with Crippen LogP contribution in [-0.2, 0) is 14.3 Å². The second-order valence-corrected chi connectivity index (χ2v) is 6.54. The summed E-state index contributed by atoms with van der Waals surface area (Å²) in [6.07, 6.45) is 1.40. The van der Waals surface area contributed by atoms with Gasteiger partial charge in [-0.15, -0.1) is 0 Å². The van der Waals surface area contributed by atoms with Crippen LogP contribution in [0.25, 0.3) is 0 Å². The summed E-state index contributed by atoms with van der Waals surface area (Å²) in [5, 5.41) is 6.41. The first-order valence-electron chi connectivity index (χ1n) is 8.79. The zero-order valence-corrected chi connectivity index (χ0v) is 16.7. The van der Waals surface area contributed by atoms with Gasteiger partial charge in [0, 0.05) is 12.8 Å². The molecule has 0 aliphatic carbocycles. The summed E-state index contributed by atoms with van der Waals surface area (Å²) in [5.74, 6) is -0.613. The Bertz CT molecular complexity index is 921. The average molecular weight is 416 g/mol. The van der Waals surface area contributed by atoms with Crippen LogP contribution in [0.3, 0.4) is 0 Å². The minimum absolute atomic E-state index is 0.110. The van der Waals surface area contributed by atoms with E-state index in [1.54, 1.807) is 37.3 Å². The molecule has 3 rings (SSSR count). The van der Waals surface area contributed by atoms with Crippen molar-refractivity contribution in [3.63, 3.8) is 0 Å². The van der Waals surface area contributed by atoms with Crippen molar-refractivity contribution in [1.82, 2.24) is 10.6 Å². The Morgan fingerprint density at radius 2 is 1.90 bits per heavy atom.